The second-order valence-corrected chi connectivity index (χ2v) is 7.92. The molecule has 0 aromatic heterocycles. The first-order chi connectivity index (χ1) is 9.50. The van der Waals surface area contributed by atoms with Crippen LogP contribution in [0.25, 0.3) is 0 Å². The lowest BCUT2D eigenvalue weighted by atomic mass is 10.1. The van der Waals surface area contributed by atoms with Crippen molar-refractivity contribution in [2.75, 3.05) is 11.6 Å². The van der Waals surface area contributed by atoms with Crippen LogP contribution in [0.5, 0.6) is 0 Å². The van der Waals surface area contributed by atoms with Crippen LogP contribution >= 0.6 is 11.8 Å². The zero-order chi connectivity index (χ0) is 14.3. The summed E-state index contributed by atoms with van der Waals surface area (Å²) < 4.78 is 26.3. The molecule has 5 nitrogen and oxygen atoms in total. The zero-order valence-electron chi connectivity index (χ0n) is 10.8. The normalized spacial score (nSPS) is 22.9. The fourth-order valence-electron chi connectivity index (χ4n) is 2.70. The highest BCUT2D eigenvalue weighted by molar-refractivity contribution is 8.00. The first-order valence-electron chi connectivity index (χ1n) is 6.44. The van der Waals surface area contributed by atoms with E-state index in [9.17, 15) is 13.2 Å². The summed E-state index contributed by atoms with van der Waals surface area (Å²) in [5.41, 5.74) is 2.28. The topological polar surface area (TPSA) is 74.7 Å². The van der Waals surface area contributed by atoms with Crippen molar-refractivity contribution in [2.24, 2.45) is 0 Å². The molecule has 1 aromatic carbocycles. The Hall–Kier alpha value is -1.05. The smallest absolute Gasteiger partial charge is 0.322 e. The molecule has 0 amide bonds. The molecule has 1 saturated heterocycles. The predicted octanol–water partition coefficient (Wildman–Crippen LogP) is 1.32. The third kappa shape index (κ3) is 2.23. The van der Waals surface area contributed by atoms with Gasteiger partial charge >= 0.3 is 5.97 Å². The molecule has 0 radical (unpaired) electrons. The number of carboxylic acid groups (broad SMARTS) is 1. The summed E-state index contributed by atoms with van der Waals surface area (Å²) in [4.78, 5) is 11.4. The van der Waals surface area contributed by atoms with Crippen LogP contribution in [0.15, 0.2) is 23.1 Å². The Bertz CT molecular complexity index is 656. The van der Waals surface area contributed by atoms with E-state index in [1.807, 2.05) is 6.07 Å². The Morgan fingerprint density at radius 3 is 2.80 bits per heavy atom. The lowest BCUT2D eigenvalue weighted by Gasteiger charge is -2.20. The van der Waals surface area contributed by atoms with Crippen LogP contribution in [0.2, 0.25) is 0 Å². The molecule has 1 atom stereocenters. The van der Waals surface area contributed by atoms with Crippen LogP contribution in [0.4, 0.5) is 0 Å². The van der Waals surface area contributed by atoms with Gasteiger partial charge in [-0.2, -0.15) is 4.31 Å². The fourth-order valence-corrected chi connectivity index (χ4v) is 5.89. The van der Waals surface area contributed by atoms with E-state index in [2.05, 4.69) is 0 Å². The molecule has 1 fully saturated rings. The van der Waals surface area contributed by atoms with Crippen molar-refractivity contribution in [3.63, 3.8) is 0 Å². The van der Waals surface area contributed by atoms with E-state index in [0.29, 0.717) is 5.75 Å². The van der Waals surface area contributed by atoms with Gasteiger partial charge in [0.15, 0.2) is 0 Å². The third-order valence-electron chi connectivity index (χ3n) is 3.80. The molecule has 0 unspecified atom stereocenters. The van der Waals surface area contributed by atoms with Gasteiger partial charge in [0, 0.05) is 5.75 Å². The first kappa shape index (κ1) is 13.9. The van der Waals surface area contributed by atoms with Gasteiger partial charge in [-0.15, -0.1) is 11.8 Å². The molecule has 0 spiro atoms. The maximum Gasteiger partial charge on any atom is 0.322 e. The number of carboxylic acids is 1. The number of thioether (sulfide) groups is 1. The van der Waals surface area contributed by atoms with Crippen molar-refractivity contribution in [2.45, 2.75) is 30.2 Å². The number of fused-ring (bicyclic) bond motifs is 1. The van der Waals surface area contributed by atoms with Crippen LogP contribution in [0, 0.1) is 0 Å². The Morgan fingerprint density at radius 2 is 2.05 bits per heavy atom. The van der Waals surface area contributed by atoms with E-state index in [-0.39, 0.29) is 10.8 Å². The van der Waals surface area contributed by atoms with Gasteiger partial charge < -0.3 is 5.11 Å². The lowest BCUT2D eigenvalue weighted by molar-refractivity contribution is -0.140. The Morgan fingerprint density at radius 1 is 1.30 bits per heavy atom. The Labute approximate surface area is 122 Å². The minimum Gasteiger partial charge on any atom is -0.480 e. The second-order valence-electron chi connectivity index (χ2n) is 5.03. The number of aliphatic carboxylic acids is 1. The van der Waals surface area contributed by atoms with Crippen molar-refractivity contribution >= 4 is 27.8 Å². The van der Waals surface area contributed by atoms with E-state index in [4.69, 9.17) is 5.11 Å². The molecule has 1 N–H and O–H groups in total. The van der Waals surface area contributed by atoms with Crippen LogP contribution in [0.1, 0.15) is 17.5 Å². The Kier molecular flexibility index (Phi) is 3.51. The number of benzene rings is 1. The molecule has 3 rings (SSSR count). The number of carbonyl (C=O) groups is 1. The summed E-state index contributed by atoms with van der Waals surface area (Å²) in [6, 6.07) is 4.20. The minimum absolute atomic E-state index is 0.205. The molecule has 7 heteroatoms. The molecule has 1 aromatic rings. The predicted molar refractivity (Wildman–Crippen MR) is 76.2 cm³/mol. The van der Waals surface area contributed by atoms with Gasteiger partial charge in [0.1, 0.15) is 6.04 Å². The molecule has 2 aliphatic rings. The number of nitrogens with zero attached hydrogens (tertiary/aromatic N) is 1. The lowest BCUT2D eigenvalue weighted by Crippen LogP contribution is -2.41. The number of sulfonamides is 1. The number of aryl methyl sites for hydroxylation is 2. The summed E-state index contributed by atoms with van der Waals surface area (Å²) in [6.45, 7) is 0. The van der Waals surface area contributed by atoms with Gasteiger partial charge in [-0.1, -0.05) is 6.07 Å². The molecule has 0 saturated carbocycles. The fraction of sp³-hybridized carbons (Fsp3) is 0.462. The van der Waals surface area contributed by atoms with E-state index >= 15 is 0 Å². The average Bonchev–Trinajstić information content (AvgIpc) is 3.06. The van der Waals surface area contributed by atoms with Gasteiger partial charge in [0.05, 0.1) is 10.8 Å². The van der Waals surface area contributed by atoms with Gasteiger partial charge in [-0.3, -0.25) is 4.79 Å². The van der Waals surface area contributed by atoms with Crippen molar-refractivity contribution in [1.82, 2.24) is 4.31 Å². The van der Waals surface area contributed by atoms with Crippen molar-refractivity contribution in [3.8, 4) is 0 Å². The minimum atomic E-state index is -3.72. The second kappa shape index (κ2) is 5.05. The molecule has 1 aliphatic carbocycles. The third-order valence-corrected chi connectivity index (χ3v) is 6.83. The number of hydrogen-bond acceptors (Lipinski definition) is 4. The standard InChI is InChI=1S/C13H15NO4S2/c15-13(16)12-7-19-8-14(12)20(17,18)11-5-4-9-2-1-3-10(9)6-11/h4-6,12H,1-3,7-8H2,(H,15,16)/t12-/m0/s1. The van der Waals surface area contributed by atoms with E-state index in [1.54, 1.807) is 12.1 Å². The van der Waals surface area contributed by atoms with Crippen molar-refractivity contribution in [3.05, 3.63) is 29.3 Å². The SMILES string of the molecule is O=C(O)[C@@H]1CSCN1S(=O)(=O)c1ccc2c(c1)CCC2. The highest BCUT2D eigenvalue weighted by atomic mass is 32.2. The maximum atomic E-state index is 12.6. The highest BCUT2D eigenvalue weighted by Gasteiger charge is 2.40. The number of hydrogen-bond donors (Lipinski definition) is 1. The van der Waals surface area contributed by atoms with Crippen LogP contribution in [-0.4, -0.2) is 41.5 Å². The van der Waals surface area contributed by atoms with Gasteiger partial charge in [0.2, 0.25) is 10.0 Å². The monoisotopic (exact) mass is 313 g/mol. The molecular weight excluding hydrogens is 298 g/mol. The van der Waals surface area contributed by atoms with Crippen molar-refractivity contribution in [1.29, 1.82) is 0 Å². The highest BCUT2D eigenvalue weighted by Crippen LogP contribution is 2.31. The molecule has 0 bridgehead atoms. The van der Waals surface area contributed by atoms with E-state index in [0.717, 1.165) is 29.1 Å². The quantitative estimate of drug-likeness (QED) is 0.911. The van der Waals surface area contributed by atoms with E-state index in [1.165, 1.54) is 17.3 Å². The molecular formula is C13H15NO4S2. The molecule has 108 valence electrons. The maximum absolute atomic E-state index is 12.6. The molecule has 1 aliphatic heterocycles. The van der Waals surface area contributed by atoms with Gasteiger partial charge in [-0.25, -0.2) is 8.42 Å². The van der Waals surface area contributed by atoms with Crippen LogP contribution in [-0.2, 0) is 27.7 Å². The molecule has 1 heterocycles. The summed E-state index contributed by atoms with van der Waals surface area (Å²) in [6.07, 6.45) is 2.94. The summed E-state index contributed by atoms with van der Waals surface area (Å²) in [5, 5.41) is 9.13. The summed E-state index contributed by atoms with van der Waals surface area (Å²) in [5.74, 6) is -0.574. The zero-order valence-corrected chi connectivity index (χ0v) is 12.4. The summed E-state index contributed by atoms with van der Waals surface area (Å²) >= 11 is 1.33. The molecule has 20 heavy (non-hydrogen) atoms. The van der Waals surface area contributed by atoms with Crippen molar-refractivity contribution < 1.29 is 18.3 Å². The average molecular weight is 313 g/mol. The first-order valence-corrected chi connectivity index (χ1v) is 9.04. The number of rotatable bonds is 3. The van der Waals surface area contributed by atoms with Crippen LogP contribution < -0.4 is 0 Å². The Balaban J connectivity index is 1.97. The van der Waals surface area contributed by atoms with Crippen LogP contribution in [0.3, 0.4) is 0 Å². The van der Waals surface area contributed by atoms with Gasteiger partial charge in [0.25, 0.3) is 0 Å². The largest absolute Gasteiger partial charge is 0.480 e. The summed E-state index contributed by atoms with van der Waals surface area (Å²) in [7, 11) is -3.72. The van der Waals surface area contributed by atoms with Gasteiger partial charge in [-0.05, 0) is 42.5 Å². The van der Waals surface area contributed by atoms with E-state index < -0.39 is 22.0 Å².